The zero-order chi connectivity index (χ0) is 19.3. The third-order valence-electron chi connectivity index (χ3n) is 3.45. The van der Waals surface area contributed by atoms with E-state index < -0.39 is 5.54 Å². The molecule has 2 rings (SSSR count). The van der Waals surface area contributed by atoms with Crippen molar-refractivity contribution < 1.29 is 14.3 Å². The molecule has 0 aliphatic heterocycles. The van der Waals surface area contributed by atoms with Gasteiger partial charge in [-0.3, -0.25) is 9.59 Å². The Morgan fingerprint density at radius 1 is 1.27 bits per heavy atom. The first kappa shape index (κ1) is 20.2. The molecule has 2 amide bonds. The molecule has 0 saturated heterocycles. The van der Waals surface area contributed by atoms with E-state index in [1.807, 2.05) is 33.1 Å². The van der Waals surface area contributed by atoms with Gasteiger partial charge in [-0.25, -0.2) is 4.98 Å². The molecule has 1 aromatic heterocycles. The van der Waals surface area contributed by atoms with E-state index in [0.29, 0.717) is 15.9 Å². The Morgan fingerprint density at radius 3 is 2.46 bits per heavy atom. The van der Waals surface area contributed by atoms with Gasteiger partial charge in [-0.2, -0.15) is 0 Å². The van der Waals surface area contributed by atoms with Crippen molar-refractivity contribution in [1.82, 2.24) is 9.88 Å². The predicted molar refractivity (Wildman–Crippen MR) is 104 cm³/mol. The highest BCUT2D eigenvalue weighted by atomic mass is 35.5. The Morgan fingerprint density at radius 2 is 1.92 bits per heavy atom. The number of rotatable bonds is 6. The van der Waals surface area contributed by atoms with Crippen LogP contribution in [0.2, 0.25) is 5.02 Å². The maximum absolute atomic E-state index is 12.6. The van der Waals surface area contributed by atoms with Gasteiger partial charge >= 0.3 is 0 Å². The number of nitrogens with zero attached hydrogens (tertiary/aromatic N) is 2. The molecule has 0 radical (unpaired) electrons. The largest absolute Gasteiger partial charge is 0.484 e. The molecule has 2 aromatic rings. The maximum Gasteiger partial charge on any atom is 0.261 e. The van der Waals surface area contributed by atoms with Gasteiger partial charge in [0.25, 0.3) is 5.91 Å². The summed E-state index contributed by atoms with van der Waals surface area (Å²) in [6.45, 7) is 7.22. The van der Waals surface area contributed by atoms with Crippen LogP contribution < -0.4 is 10.1 Å². The first-order valence-corrected chi connectivity index (χ1v) is 9.32. The fourth-order valence-electron chi connectivity index (χ4n) is 2.17. The first-order valence-electron chi connectivity index (χ1n) is 8.06. The van der Waals surface area contributed by atoms with Crippen molar-refractivity contribution in [2.75, 3.05) is 18.5 Å². The molecule has 0 aliphatic rings. The molecule has 26 heavy (non-hydrogen) atoms. The summed E-state index contributed by atoms with van der Waals surface area (Å²) in [5, 5.41) is 5.68. The fraction of sp³-hybridized carbons (Fsp3) is 0.389. The monoisotopic (exact) mass is 395 g/mol. The van der Waals surface area contributed by atoms with E-state index >= 15 is 0 Å². The van der Waals surface area contributed by atoms with Gasteiger partial charge in [0.15, 0.2) is 11.7 Å². The number of hydrogen-bond donors (Lipinski definition) is 1. The quantitative estimate of drug-likeness (QED) is 0.808. The van der Waals surface area contributed by atoms with E-state index in [9.17, 15) is 9.59 Å². The van der Waals surface area contributed by atoms with Crippen LogP contribution in [0, 0.1) is 6.92 Å². The van der Waals surface area contributed by atoms with Crippen molar-refractivity contribution in [3.05, 3.63) is 40.4 Å². The molecule has 1 N–H and O–H groups in total. The van der Waals surface area contributed by atoms with Crippen molar-refractivity contribution in [3.8, 4) is 5.75 Å². The van der Waals surface area contributed by atoms with E-state index in [1.54, 1.807) is 24.3 Å². The Hall–Kier alpha value is -2.12. The van der Waals surface area contributed by atoms with Gasteiger partial charge in [0, 0.05) is 15.9 Å². The summed E-state index contributed by atoms with van der Waals surface area (Å²) >= 11 is 7.18. The van der Waals surface area contributed by atoms with Crippen LogP contribution in [0.25, 0.3) is 0 Å². The summed E-state index contributed by atoms with van der Waals surface area (Å²) < 4.78 is 5.51. The number of benzene rings is 1. The molecule has 1 aromatic carbocycles. The summed E-state index contributed by atoms with van der Waals surface area (Å²) in [6.07, 6.45) is 0. The molecular formula is C18H22ClN3O3S. The minimum atomic E-state index is -0.531. The average molecular weight is 396 g/mol. The smallest absolute Gasteiger partial charge is 0.261 e. The van der Waals surface area contributed by atoms with Crippen LogP contribution in [-0.2, 0) is 9.59 Å². The van der Waals surface area contributed by atoms with Crippen molar-refractivity contribution in [3.63, 3.8) is 0 Å². The lowest BCUT2D eigenvalue weighted by molar-refractivity contribution is -0.141. The second-order valence-corrected chi connectivity index (χ2v) is 8.03. The van der Waals surface area contributed by atoms with Gasteiger partial charge in [0.05, 0.1) is 5.69 Å². The fourth-order valence-corrected chi connectivity index (χ4v) is 3.00. The average Bonchev–Trinajstić information content (AvgIpc) is 2.95. The highest BCUT2D eigenvalue weighted by molar-refractivity contribution is 7.13. The topological polar surface area (TPSA) is 71.5 Å². The number of halogens is 1. The standard InChI is InChI=1S/C18H22ClN3O3S/c1-12-11-26-17(20-12)21-15(23)9-22(18(2,3)4)16(24)10-25-14-7-5-13(19)6-8-14/h5-8,11H,9-10H2,1-4H3,(H,20,21,23). The highest BCUT2D eigenvalue weighted by Crippen LogP contribution is 2.18. The Bertz CT molecular complexity index is 769. The lowest BCUT2D eigenvalue weighted by atomic mass is 10.1. The normalized spacial score (nSPS) is 11.1. The number of anilines is 1. The van der Waals surface area contributed by atoms with Crippen LogP contribution >= 0.6 is 22.9 Å². The minimum absolute atomic E-state index is 0.0784. The number of carbonyl (C=O) groups is 2. The van der Waals surface area contributed by atoms with E-state index in [4.69, 9.17) is 16.3 Å². The summed E-state index contributed by atoms with van der Waals surface area (Å²) in [6, 6.07) is 6.75. The van der Waals surface area contributed by atoms with Crippen LogP contribution in [0.1, 0.15) is 26.5 Å². The molecule has 0 atom stereocenters. The Labute approximate surface area is 162 Å². The van der Waals surface area contributed by atoms with Crippen LogP contribution in [-0.4, -0.2) is 40.4 Å². The van der Waals surface area contributed by atoms with Gasteiger partial charge in [-0.05, 0) is 52.0 Å². The predicted octanol–water partition coefficient (Wildman–Crippen LogP) is 3.75. The molecular weight excluding hydrogens is 374 g/mol. The molecule has 6 nitrogen and oxygen atoms in total. The number of aryl methyl sites for hydroxylation is 1. The van der Waals surface area contributed by atoms with Crippen LogP contribution in [0.4, 0.5) is 5.13 Å². The van der Waals surface area contributed by atoms with Crippen molar-refractivity contribution in [1.29, 1.82) is 0 Å². The summed E-state index contributed by atoms with van der Waals surface area (Å²) in [4.78, 5) is 30.6. The number of ether oxygens (including phenoxy) is 1. The van der Waals surface area contributed by atoms with Gasteiger partial charge in [-0.15, -0.1) is 11.3 Å². The molecule has 0 spiro atoms. The molecule has 0 aliphatic carbocycles. The third-order valence-corrected chi connectivity index (χ3v) is 4.58. The number of hydrogen-bond acceptors (Lipinski definition) is 5. The van der Waals surface area contributed by atoms with Gasteiger partial charge in [0.2, 0.25) is 5.91 Å². The van der Waals surface area contributed by atoms with Gasteiger partial charge in [-0.1, -0.05) is 11.6 Å². The van der Waals surface area contributed by atoms with Crippen molar-refractivity contribution >= 4 is 39.9 Å². The summed E-state index contributed by atoms with van der Waals surface area (Å²) in [5.41, 5.74) is 0.307. The summed E-state index contributed by atoms with van der Waals surface area (Å²) in [5.74, 6) is -0.0358. The number of amides is 2. The second-order valence-electron chi connectivity index (χ2n) is 6.74. The molecule has 0 unspecified atom stereocenters. The van der Waals surface area contributed by atoms with E-state index in [0.717, 1.165) is 5.69 Å². The SMILES string of the molecule is Cc1csc(NC(=O)CN(C(=O)COc2ccc(Cl)cc2)C(C)(C)C)n1. The lowest BCUT2D eigenvalue weighted by Crippen LogP contribution is -2.51. The minimum Gasteiger partial charge on any atom is -0.484 e. The van der Waals surface area contributed by atoms with Crippen molar-refractivity contribution in [2.24, 2.45) is 0 Å². The maximum atomic E-state index is 12.6. The number of nitrogens with one attached hydrogen (secondary N) is 1. The number of thiazole rings is 1. The number of aromatic nitrogens is 1. The molecule has 8 heteroatoms. The van der Waals surface area contributed by atoms with E-state index in [2.05, 4.69) is 10.3 Å². The Kier molecular flexibility index (Phi) is 6.61. The van der Waals surface area contributed by atoms with Gasteiger partial charge in [0.1, 0.15) is 12.3 Å². The highest BCUT2D eigenvalue weighted by Gasteiger charge is 2.29. The number of carbonyl (C=O) groups excluding carboxylic acids is 2. The molecule has 0 saturated carbocycles. The van der Waals surface area contributed by atoms with Crippen LogP contribution in [0.3, 0.4) is 0 Å². The molecule has 0 bridgehead atoms. The third kappa shape index (κ3) is 6.00. The van der Waals surface area contributed by atoms with E-state index in [-0.39, 0.29) is 25.0 Å². The molecule has 1 heterocycles. The van der Waals surface area contributed by atoms with E-state index in [1.165, 1.54) is 16.2 Å². The van der Waals surface area contributed by atoms with Crippen LogP contribution in [0.5, 0.6) is 5.75 Å². The molecule has 140 valence electrons. The lowest BCUT2D eigenvalue weighted by Gasteiger charge is -2.35. The first-order chi connectivity index (χ1) is 12.1. The zero-order valence-corrected chi connectivity index (χ0v) is 16.8. The zero-order valence-electron chi connectivity index (χ0n) is 15.2. The van der Waals surface area contributed by atoms with Crippen molar-refractivity contribution in [2.45, 2.75) is 33.2 Å². The van der Waals surface area contributed by atoms with Gasteiger partial charge < -0.3 is 15.0 Å². The van der Waals surface area contributed by atoms with Crippen LogP contribution in [0.15, 0.2) is 29.6 Å². The second kappa shape index (κ2) is 8.51. The molecule has 0 fully saturated rings. The summed E-state index contributed by atoms with van der Waals surface area (Å²) in [7, 11) is 0. The Balaban J connectivity index is 1.98.